The zero-order chi connectivity index (χ0) is 10.3. The van der Waals surface area contributed by atoms with Crippen molar-refractivity contribution in [3.05, 3.63) is 18.2 Å². The second-order valence-corrected chi connectivity index (χ2v) is 3.40. The van der Waals surface area contributed by atoms with Crippen LogP contribution in [0.3, 0.4) is 0 Å². The van der Waals surface area contributed by atoms with Gasteiger partial charge in [-0.15, -0.1) is 0 Å². The molecular weight excluding hydrogens is 188 g/mol. The maximum absolute atomic E-state index is 9.55. The number of hydrogen-bond acceptors (Lipinski definition) is 5. The second kappa shape index (κ2) is 3.32. The molecule has 0 bridgehead atoms. The molecule has 1 aromatic rings. The lowest BCUT2D eigenvalue weighted by Crippen LogP contribution is -2.45. The van der Waals surface area contributed by atoms with Crippen LogP contribution in [0, 0.1) is 0 Å². The van der Waals surface area contributed by atoms with Crippen molar-refractivity contribution in [2.45, 2.75) is 24.4 Å². The molecule has 2 heterocycles. The van der Waals surface area contributed by atoms with Gasteiger partial charge in [-0.2, -0.15) is 0 Å². The van der Waals surface area contributed by atoms with Crippen molar-refractivity contribution in [3.8, 4) is 0 Å². The van der Waals surface area contributed by atoms with Gasteiger partial charge in [0, 0.05) is 0 Å². The summed E-state index contributed by atoms with van der Waals surface area (Å²) in [5.74, 6) is 0. The highest BCUT2D eigenvalue weighted by atomic mass is 16.4. The van der Waals surface area contributed by atoms with Crippen LogP contribution in [0.4, 0.5) is 0 Å². The Morgan fingerprint density at radius 3 is 2.64 bits per heavy atom. The molecule has 6 heteroatoms. The standard InChI is InChI=1S/C8H12N2O4/c11-2-5-7(13)8(14)6(12)4-1-9-3-10(4)5/h1,3,5-8,11-14H,2H2/t5-,6-,7-,8-/m1/s1. The molecule has 1 aliphatic rings. The first-order valence-corrected chi connectivity index (χ1v) is 4.33. The molecule has 4 N–H and O–H groups in total. The summed E-state index contributed by atoms with van der Waals surface area (Å²) >= 11 is 0. The van der Waals surface area contributed by atoms with Crippen LogP contribution in [0.5, 0.6) is 0 Å². The number of imidazole rings is 1. The summed E-state index contributed by atoms with van der Waals surface area (Å²) in [7, 11) is 0. The van der Waals surface area contributed by atoms with Gasteiger partial charge in [-0.3, -0.25) is 0 Å². The Morgan fingerprint density at radius 2 is 2.00 bits per heavy atom. The molecule has 1 aliphatic heterocycles. The molecule has 4 atom stereocenters. The van der Waals surface area contributed by atoms with E-state index in [4.69, 9.17) is 5.11 Å². The van der Waals surface area contributed by atoms with E-state index in [9.17, 15) is 15.3 Å². The maximum Gasteiger partial charge on any atom is 0.124 e. The molecule has 0 aliphatic carbocycles. The summed E-state index contributed by atoms with van der Waals surface area (Å²) in [6.07, 6.45) is -0.805. The monoisotopic (exact) mass is 200 g/mol. The highest BCUT2D eigenvalue weighted by Gasteiger charge is 2.40. The summed E-state index contributed by atoms with van der Waals surface area (Å²) in [5.41, 5.74) is 0.404. The van der Waals surface area contributed by atoms with Crippen molar-refractivity contribution >= 4 is 0 Å². The van der Waals surface area contributed by atoms with Gasteiger partial charge in [-0.1, -0.05) is 0 Å². The molecule has 0 unspecified atom stereocenters. The van der Waals surface area contributed by atoms with Crippen molar-refractivity contribution in [1.29, 1.82) is 0 Å². The van der Waals surface area contributed by atoms with E-state index in [0.717, 1.165) is 0 Å². The van der Waals surface area contributed by atoms with Crippen LogP contribution in [-0.4, -0.2) is 48.8 Å². The number of fused-ring (bicyclic) bond motifs is 1. The molecule has 6 nitrogen and oxygen atoms in total. The lowest BCUT2D eigenvalue weighted by Gasteiger charge is -2.35. The van der Waals surface area contributed by atoms with Crippen LogP contribution in [0.2, 0.25) is 0 Å². The Morgan fingerprint density at radius 1 is 1.29 bits per heavy atom. The molecule has 0 radical (unpaired) electrons. The van der Waals surface area contributed by atoms with E-state index in [-0.39, 0.29) is 6.61 Å². The van der Waals surface area contributed by atoms with E-state index in [1.165, 1.54) is 17.1 Å². The van der Waals surface area contributed by atoms with E-state index < -0.39 is 24.4 Å². The summed E-state index contributed by atoms with van der Waals surface area (Å²) in [5, 5.41) is 37.6. The molecule has 0 spiro atoms. The number of rotatable bonds is 1. The SMILES string of the molecule is OC[C@@H]1[C@@H](O)[C@H](O)[C@H](O)c2cncn21. The van der Waals surface area contributed by atoms with Gasteiger partial charge >= 0.3 is 0 Å². The lowest BCUT2D eigenvalue weighted by atomic mass is 9.95. The van der Waals surface area contributed by atoms with Gasteiger partial charge in [-0.25, -0.2) is 4.98 Å². The predicted molar refractivity (Wildman–Crippen MR) is 45.3 cm³/mol. The van der Waals surface area contributed by atoms with Gasteiger partial charge in [0.15, 0.2) is 0 Å². The Balaban J connectivity index is 2.44. The smallest absolute Gasteiger partial charge is 0.124 e. The average Bonchev–Trinajstić information content (AvgIpc) is 2.64. The Kier molecular flexibility index (Phi) is 2.28. The van der Waals surface area contributed by atoms with Crippen molar-refractivity contribution in [1.82, 2.24) is 9.55 Å². The Labute approximate surface area is 80.1 Å². The second-order valence-electron chi connectivity index (χ2n) is 3.40. The Hall–Kier alpha value is -0.950. The van der Waals surface area contributed by atoms with Crippen LogP contribution >= 0.6 is 0 Å². The van der Waals surface area contributed by atoms with E-state index >= 15 is 0 Å². The highest BCUT2D eigenvalue weighted by molar-refractivity contribution is 5.12. The molecule has 0 saturated carbocycles. The number of aliphatic hydroxyl groups excluding tert-OH is 4. The van der Waals surface area contributed by atoms with Gasteiger partial charge in [0.05, 0.1) is 30.9 Å². The van der Waals surface area contributed by atoms with Crippen LogP contribution in [0.1, 0.15) is 17.8 Å². The van der Waals surface area contributed by atoms with Crippen molar-refractivity contribution in [2.75, 3.05) is 6.61 Å². The zero-order valence-corrected chi connectivity index (χ0v) is 7.35. The van der Waals surface area contributed by atoms with Crippen LogP contribution < -0.4 is 0 Å². The molecule has 14 heavy (non-hydrogen) atoms. The number of aromatic nitrogens is 2. The number of hydrogen-bond donors (Lipinski definition) is 4. The van der Waals surface area contributed by atoms with Crippen molar-refractivity contribution < 1.29 is 20.4 Å². The fourth-order valence-corrected chi connectivity index (χ4v) is 1.77. The topological polar surface area (TPSA) is 98.7 Å². The van der Waals surface area contributed by atoms with Gasteiger partial charge in [-0.05, 0) is 0 Å². The third kappa shape index (κ3) is 1.16. The van der Waals surface area contributed by atoms with Gasteiger partial charge < -0.3 is 25.0 Å². The number of aliphatic hydroxyl groups is 4. The average molecular weight is 200 g/mol. The summed E-state index contributed by atoms with van der Waals surface area (Å²) in [6, 6.07) is -0.647. The molecule has 2 rings (SSSR count). The Bertz CT molecular complexity index is 327. The van der Waals surface area contributed by atoms with E-state index in [2.05, 4.69) is 4.98 Å². The van der Waals surface area contributed by atoms with E-state index in [1.807, 2.05) is 0 Å². The third-order valence-electron chi connectivity index (χ3n) is 2.61. The van der Waals surface area contributed by atoms with E-state index in [0.29, 0.717) is 5.69 Å². The number of nitrogens with zero attached hydrogens (tertiary/aromatic N) is 2. The summed E-state index contributed by atoms with van der Waals surface area (Å²) in [4.78, 5) is 3.79. The van der Waals surface area contributed by atoms with E-state index in [1.54, 1.807) is 0 Å². The summed E-state index contributed by atoms with van der Waals surface area (Å²) < 4.78 is 1.47. The first-order chi connectivity index (χ1) is 6.66. The van der Waals surface area contributed by atoms with Crippen LogP contribution in [0.25, 0.3) is 0 Å². The van der Waals surface area contributed by atoms with Gasteiger partial charge in [0.2, 0.25) is 0 Å². The molecular formula is C8H12N2O4. The quantitative estimate of drug-likeness (QED) is 0.428. The molecule has 0 fully saturated rings. The van der Waals surface area contributed by atoms with Gasteiger partial charge in [0.1, 0.15) is 18.3 Å². The first-order valence-electron chi connectivity index (χ1n) is 4.33. The molecule has 0 aromatic carbocycles. The van der Waals surface area contributed by atoms with Crippen LogP contribution in [-0.2, 0) is 0 Å². The minimum absolute atomic E-state index is 0.311. The maximum atomic E-state index is 9.55. The minimum atomic E-state index is -1.28. The molecule has 0 saturated heterocycles. The van der Waals surface area contributed by atoms with Gasteiger partial charge in [0.25, 0.3) is 0 Å². The summed E-state index contributed by atoms with van der Waals surface area (Å²) in [6.45, 7) is -0.311. The predicted octanol–water partition coefficient (Wildman–Crippen LogP) is -1.81. The largest absolute Gasteiger partial charge is 0.394 e. The fraction of sp³-hybridized carbons (Fsp3) is 0.625. The molecule has 78 valence electrons. The minimum Gasteiger partial charge on any atom is -0.394 e. The molecule has 1 aromatic heterocycles. The third-order valence-corrected chi connectivity index (χ3v) is 2.61. The zero-order valence-electron chi connectivity index (χ0n) is 7.35. The lowest BCUT2D eigenvalue weighted by molar-refractivity contribution is -0.107. The van der Waals surface area contributed by atoms with Crippen molar-refractivity contribution in [2.24, 2.45) is 0 Å². The van der Waals surface area contributed by atoms with Crippen LogP contribution in [0.15, 0.2) is 12.5 Å². The molecule has 0 amide bonds. The van der Waals surface area contributed by atoms with Crippen molar-refractivity contribution in [3.63, 3.8) is 0 Å². The normalized spacial score (nSPS) is 36.9. The fourth-order valence-electron chi connectivity index (χ4n) is 1.77. The highest BCUT2D eigenvalue weighted by Crippen LogP contribution is 2.31. The first kappa shape index (κ1) is 9.60.